The Kier molecular flexibility index (Phi) is 6.06. The van der Waals surface area contributed by atoms with Gasteiger partial charge in [-0.15, -0.1) is 0 Å². The van der Waals surface area contributed by atoms with Gasteiger partial charge in [-0.3, -0.25) is 4.90 Å². The lowest BCUT2D eigenvalue weighted by molar-refractivity contribution is -0.00301. The molecule has 1 aromatic carbocycles. The minimum absolute atomic E-state index is 0.0700. The molecule has 1 heterocycles. The quantitative estimate of drug-likeness (QED) is 0.905. The summed E-state index contributed by atoms with van der Waals surface area (Å²) in [5.74, 6) is -0.907. The molecule has 1 aliphatic rings. The Morgan fingerprint density at radius 1 is 1.24 bits per heavy atom. The average molecular weight is 348 g/mol. The fourth-order valence-corrected chi connectivity index (χ4v) is 3.08. The summed E-state index contributed by atoms with van der Waals surface area (Å²) in [5, 5.41) is 9.33. The van der Waals surface area contributed by atoms with Gasteiger partial charge < -0.3 is 14.7 Å². The number of hydrogen-bond acceptors (Lipinski definition) is 4. The normalized spacial score (nSPS) is 18.9. The smallest absolute Gasteiger partial charge is 0.410 e. The third-order valence-corrected chi connectivity index (χ3v) is 4.31. The number of benzene rings is 1. The molecular formula is C19H28N2O4. The molecule has 1 atom stereocenters. The summed E-state index contributed by atoms with van der Waals surface area (Å²) in [4.78, 5) is 27.8. The van der Waals surface area contributed by atoms with Crippen molar-refractivity contribution in [2.75, 3.05) is 19.6 Å². The summed E-state index contributed by atoms with van der Waals surface area (Å²) < 4.78 is 5.50. The summed E-state index contributed by atoms with van der Waals surface area (Å²) in [6.07, 6.45) is 0.556. The van der Waals surface area contributed by atoms with Crippen LogP contribution >= 0.6 is 0 Å². The number of carboxylic acid groups (broad SMARTS) is 1. The van der Waals surface area contributed by atoms with Crippen molar-refractivity contribution in [1.29, 1.82) is 0 Å². The van der Waals surface area contributed by atoms with Crippen LogP contribution < -0.4 is 0 Å². The molecule has 0 unspecified atom stereocenters. The second-order valence-corrected chi connectivity index (χ2v) is 7.43. The zero-order valence-corrected chi connectivity index (χ0v) is 15.5. The summed E-state index contributed by atoms with van der Waals surface area (Å²) in [6.45, 7) is 10.2. The van der Waals surface area contributed by atoms with Gasteiger partial charge in [-0.2, -0.15) is 0 Å². The maximum atomic E-state index is 12.4. The number of aromatic carboxylic acids is 1. The summed E-state index contributed by atoms with van der Waals surface area (Å²) in [6, 6.07) is 7.15. The van der Waals surface area contributed by atoms with E-state index in [-0.39, 0.29) is 12.1 Å². The number of piperazine rings is 1. The van der Waals surface area contributed by atoms with Crippen molar-refractivity contribution in [2.24, 2.45) is 0 Å². The molecule has 0 aromatic heterocycles. The maximum absolute atomic E-state index is 12.4. The van der Waals surface area contributed by atoms with E-state index in [0.29, 0.717) is 31.7 Å². The average Bonchev–Trinajstić information content (AvgIpc) is 2.53. The van der Waals surface area contributed by atoms with Crippen LogP contribution in [-0.4, -0.2) is 58.2 Å². The highest BCUT2D eigenvalue weighted by Crippen LogP contribution is 2.20. The molecule has 1 N–H and O–H groups in total. The van der Waals surface area contributed by atoms with E-state index in [9.17, 15) is 14.7 Å². The molecule has 0 spiro atoms. The number of carboxylic acids is 1. The van der Waals surface area contributed by atoms with Crippen LogP contribution in [0.3, 0.4) is 0 Å². The molecule has 1 aliphatic heterocycles. The number of carbonyl (C=O) groups is 2. The van der Waals surface area contributed by atoms with Gasteiger partial charge >= 0.3 is 12.1 Å². The topological polar surface area (TPSA) is 70.1 Å². The fraction of sp³-hybridized carbons (Fsp3) is 0.579. The highest BCUT2D eigenvalue weighted by Gasteiger charge is 2.32. The van der Waals surface area contributed by atoms with Gasteiger partial charge in [-0.1, -0.05) is 25.1 Å². The fourth-order valence-electron chi connectivity index (χ4n) is 3.08. The van der Waals surface area contributed by atoms with Crippen LogP contribution in [0.5, 0.6) is 0 Å². The van der Waals surface area contributed by atoms with Crippen molar-refractivity contribution >= 4 is 12.1 Å². The van der Waals surface area contributed by atoms with Crippen LogP contribution in [0, 0.1) is 0 Å². The van der Waals surface area contributed by atoms with Gasteiger partial charge in [0.15, 0.2) is 0 Å². The lowest BCUT2D eigenvalue weighted by Gasteiger charge is -2.41. The van der Waals surface area contributed by atoms with Crippen LogP contribution in [0.15, 0.2) is 24.3 Å². The molecule has 2 rings (SSSR count). The minimum atomic E-state index is -0.907. The number of ether oxygens (including phenoxy) is 1. The number of hydrogen-bond donors (Lipinski definition) is 1. The standard InChI is InChI=1S/C19H28N2O4/c1-5-15-13-20(10-11-21(15)18(24)25-19(2,3)4)12-14-8-6-7-9-16(14)17(22)23/h6-9,15H,5,10-13H2,1-4H3,(H,22,23)/t15-/m0/s1. The van der Waals surface area contributed by atoms with Crippen molar-refractivity contribution in [3.63, 3.8) is 0 Å². The highest BCUT2D eigenvalue weighted by atomic mass is 16.6. The molecule has 1 aromatic rings. The largest absolute Gasteiger partial charge is 0.478 e. The number of rotatable bonds is 4. The molecule has 1 amide bonds. The Balaban J connectivity index is 2.04. The van der Waals surface area contributed by atoms with E-state index in [2.05, 4.69) is 11.8 Å². The Bertz CT molecular complexity index is 624. The Labute approximate surface area is 149 Å². The summed E-state index contributed by atoms with van der Waals surface area (Å²) >= 11 is 0. The molecular weight excluding hydrogens is 320 g/mol. The molecule has 6 heteroatoms. The number of amides is 1. The van der Waals surface area contributed by atoms with Gasteiger partial charge in [0.05, 0.1) is 5.56 Å². The third kappa shape index (κ3) is 5.19. The van der Waals surface area contributed by atoms with Gasteiger partial charge in [0.1, 0.15) is 5.60 Å². The first-order valence-corrected chi connectivity index (χ1v) is 8.74. The van der Waals surface area contributed by atoms with Crippen LogP contribution in [0.4, 0.5) is 4.79 Å². The summed E-state index contributed by atoms with van der Waals surface area (Å²) in [7, 11) is 0. The van der Waals surface area contributed by atoms with Crippen LogP contribution in [0.25, 0.3) is 0 Å². The maximum Gasteiger partial charge on any atom is 0.410 e. The Morgan fingerprint density at radius 3 is 2.52 bits per heavy atom. The van der Waals surface area contributed by atoms with Crippen molar-refractivity contribution in [1.82, 2.24) is 9.80 Å². The van der Waals surface area contributed by atoms with E-state index in [0.717, 1.165) is 12.0 Å². The second-order valence-electron chi connectivity index (χ2n) is 7.43. The zero-order valence-electron chi connectivity index (χ0n) is 15.5. The molecule has 1 saturated heterocycles. The molecule has 6 nitrogen and oxygen atoms in total. The van der Waals surface area contributed by atoms with E-state index in [1.807, 2.05) is 32.9 Å². The lowest BCUT2D eigenvalue weighted by Crippen LogP contribution is -2.55. The molecule has 0 aliphatic carbocycles. The van der Waals surface area contributed by atoms with Gasteiger partial charge in [-0.05, 0) is 38.8 Å². The predicted molar refractivity (Wildman–Crippen MR) is 95.7 cm³/mol. The van der Waals surface area contributed by atoms with Gasteiger partial charge in [0.25, 0.3) is 0 Å². The van der Waals surface area contributed by atoms with Gasteiger partial charge in [-0.25, -0.2) is 9.59 Å². The Hall–Kier alpha value is -2.08. The van der Waals surface area contributed by atoms with E-state index in [4.69, 9.17) is 4.74 Å². The van der Waals surface area contributed by atoms with Crippen LogP contribution in [0.2, 0.25) is 0 Å². The highest BCUT2D eigenvalue weighted by molar-refractivity contribution is 5.89. The molecule has 0 bridgehead atoms. The number of nitrogens with zero attached hydrogens (tertiary/aromatic N) is 2. The van der Waals surface area contributed by atoms with E-state index in [1.165, 1.54) is 0 Å². The SMILES string of the molecule is CC[C@H]1CN(Cc2ccccc2C(=O)O)CCN1C(=O)OC(C)(C)C. The van der Waals surface area contributed by atoms with E-state index >= 15 is 0 Å². The van der Waals surface area contributed by atoms with E-state index in [1.54, 1.807) is 17.0 Å². The summed E-state index contributed by atoms with van der Waals surface area (Å²) in [5.41, 5.74) is 0.633. The minimum Gasteiger partial charge on any atom is -0.478 e. The molecule has 1 fully saturated rings. The number of carbonyl (C=O) groups excluding carboxylic acids is 1. The van der Waals surface area contributed by atoms with Crippen molar-refractivity contribution in [3.8, 4) is 0 Å². The lowest BCUT2D eigenvalue weighted by atomic mass is 10.0. The van der Waals surface area contributed by atoms with Gasteiger partial charge in [0, 0.05) is 32.2 Å². The monoisotopic (exact) mass is 348 g/mol. The first-order valence-electron chi connectivity index (χ1n) is 8.74. The molecule has 0 radical (unpaired) electrons. The van der Waals surface area contributed by atoms with Crippen LogP contribution in [-0.2, 0) is 11.3 Å². The van der Waals surface area contributed by atoms with Crippen LogP contribution in [0.1, 0.15) is 50.0 Å². The zero-order chi connectivity index (χ0) is 18.6. The van der Waals surface area contributed by atoms with Gasteiger partial charge in [0.2, 0.25) is 0 Å². The third-order valence-electron chi connectivity index (χ3n) is 4.31. The Morgan fingerprint density at radius 2 is 1.92 bits per heavy atom. The predicted octanol–water partition coefficient (Wildman–Crippen LogP) is 3.22. The van der Waals surface area contributed by atoms with E-state index < -0.39 is 11.6 Å². The molecule has 0 saturated carbocycles. The first-order chi connectivity index (χ1) is 11.7. The van der Waals surface area contributed by atoms with Crippen molar-refractivity contribution < 1.29 is 19.4 Å². The van der Waals surface area contributed by atoms with Crippen molar-refractivity contribution in [2.45, 2.75) is 52.3 Å². The molecule has 138 valence electrons. The first kappa shape index (κ1) is 19.2. The van der Waals surface area contributed by atoms with Crippen molar-refractivity contribution in [3.05, 3.63) is 35.4 Å². The second kappa shape index (κ2) is 7.87. The molecule has 25 heavy (non-hydrogen) atoms.